The first-order chi connectivity index (χ1) is 15.2. The van der Waals surface area contributed by atoms with Crippen molar-refractivity contribution in [1.82, 2.24) is 14.7 Å². The Balaban J connectivity index is 1.82. The van der Waals surface area contributed by atoms with Crippen LogP contribution in [0.4, 0.5) is 18.9 Å². The molecule has 168 valence electrons. The molecule has 0 bridgehead atoms. The van der Waals surface area contributed by atoms with E-state index in [1.54, 1.807) is 30.3 Å². The third-order valence-electron chi connectivity index (χ3n) is 4.44. The Morgan fingerprint density at radius 2 is 2.09 bits per heavy atom. The van der Waals surface area contributed by atoms with Gasteiger partial charge in [-0.1, -0.05) is 5.92 Å². The molecule has 3 aromatic rings. The van der Waals surface area contributed by atoms with E-state index in [4.69, 9.17) is 4.74 Å². The number of alkyl halides is 3. The lowest BCUT2D eigenvalue weighted by atomic mass is 10.1. The van der Waals surface area contributed by atoms with E-state index in [1.807, 2.05) is 6.92 Å². The van der Waals surface area contributed by atoms with Crippen LogP contribution in [0.25, 0.3) is 5.65 Å². The summed E-state index contributed by atoms with van der Waals surface area (Å²) < 4.78 is 46.6. The first-order valence-corrected chi connectivity index (χ1v) is 10.4. The van der Waals surface area contributed by atoms with Crippen LogP contribution in [0.1, 0.15) is 28.7 Å². The fourth-order valence-electron chi connectivity index (χ4n) is 3.05. The summed E-state index contributed by atoms with van der Waals surface area (Å²) in [6.45, 7) is 2.47. The molecule has 0 aliphatic heterocycles. The lowest BCUT2D eigenvalue weighted by molar-refractivity contribution is -0.128. The molecule has 0 aliphatic rings. The lowest BCUT2D eigenvalue weighted by Crippen LogP contribution is -2.22. The van der Waals surface area contributed by atoms with E-state index >= 15 is 0 Å². The minimum Gasteiger partial charge on any atom is -0.495 e. The molecule has 6 nitrogen and oxygen atoms in total. The molecule has 1 aromatic carbocycles. The summed E-state index contributed by atoms with van der Waals surface area (Å²) in [6, 6.07) is 8.26. The van der Waals surface area contributed by atoms with Crippen LogP contribution >= 0.6 is 15.9 Å². The number of hydrogen-bond donors (Lipinski definition) is 2. The van der Waals surface area contributed by atoms with Crippen molar-refractivity contribution < 1.29 is 22.7 Å². The van der Waals surface area contributed by atoms with Gasteiger partial charge in [0.05, 0.1) is 35.9 Å². The molecule has 0 saturated carbocycles. The van der Waals surface area contributed by atoms with E-state index in [1.165, 1.54) is 17.7 Å². The van der Waals surface area contributed by atoms with Gasteiger partial charge in [-0.3, -0.25) is 4.79 Å². The topological polar surface area (TPSA) is 67.7 Å². The highest BCUT2D eigenvalue weighted by atomic mass is 79.9. The van der Waals surface area contributed by atoms with Crippen molar-refractivity contribution in [3.05, 3.63) is 58.0 Å². The molecule has 1 amide bonds. The maximum Gasteiger partial charge on any atom is 0.394 e. The fraction of sp³-hybridized carbons (Fsp3) is 0.273. The molecule has 0 radical (unpaired) electrons. The monoisotopic (exact) mass is 508 g/mol. The summed E-state index contributed by atoms with van der Waals surface area (Å²) in [4.78, 5) is 16.2. The summed E-state index contributed by atoms with van der Waals surface area (Å²) in [5.41, 5.74) is 1.46. The second-order valence-electron chi connectivity index (χ2n) is 6.68. The minimum atomic E-state index is -4.40. The number of anilines is 1. The summed E-state index contributed by atoms with van der Waals surface area (Å²) in [7, 11) is 1.48. The van der Waals surface area contributed by atoms with E-state index in [2.05, 4.69) is 43.4 Å². The van der Waals surface area contributed by atoms with E-state index in [9.17, 15) is 18.0 Å². The maximum atomic E-state index is 13.1. The molecule has 0 atom stereocenters. The number of nitrogens with one attached hydrogen (secondary N) is 2. The predicted octanol–water partition coefficient (Wildman–Crippen LogP) is 4.42. The van der Waals surface area contributed by atoms with Gasteiger partial charge < -0.3 is 19.8 Å². The summed E-state index contributed by atoms with van der Waals surface area (Å²) in [5.74, 6) is 5.78. The van der Waals surface area contributed by atoms with Crippen molar-refractivity contribution in [3.63, 3.8) is 0 Å². The predicted molar refractivity (Wildman–Crippen MR) is 119 cm³/mol. The van der Waals surface area contributed by atoms with Gasteiger partial charge in [0.25, 0.3) is 5.91 Å². The number of fused-ring (bicyclic) bond motifs is 1. The molecule has 0 fully saturated rings. The molecule has 3 rings (SSSR count). The molecule has 2 heterocycles. The van der Waals surface area contributed by atoms with Crippen LogP contribution in [0.3, 0.4) is 0 Å². The van der Waals surface area contributed by atoms with Crippen LogP contribution in [0.5, 0.6) is 5.75 Å². The van der Waals surface area contributed by atoms with Crippen LogP contribution in [0, 0.1) is 11.8 Å². The van der Waals surface area contributed by atoms with Gasteiger partial charge in [-0.15, -0.1) is 0 Å². The van der Waals surface area contributed by atoms with Gasteiger partial charge in [-0.25, -0.2) is 4.98 Å². The van der Waals surface area contributed by atoms with Gasteiger partial charge in [0.2, 0.25) is 0 Å². The second kappa shape index (κ2) is 9.96. The van der Waals surface area contributed by atoms with Crippen molar-refractivity contribution in [2.45, 2.75) is 19.5 Å². The summed E-state index contributed by atoms with van der Waals surface area (Å²) >= 11 is 3.31. The highest BCUT2D eigenvalue weighted by Gasteiger charge is 2.31. The van der Waals surface area contributed by atoms with E-state index in [0.717, 1.165) is 0 Å². The van der Waals surface area contributed by atoms with Crippen LogP contribution in [0.15, 0.2) is 41.0 Å². The number of aromatic nitrogens is 2. The van der Waals surface area contributed by atoms with Crippen molar-refractivity contribution in [2.75, 3.05) is 25.5 Å². The van der Waals surface area contributed by atoms with Crippen LogP contribution < -0.4 is 15.4 Å². The number of carbonyl (C=O) groups is 1. The van der Waals surface area contributed by atoms with Gasteiger partial charge in [0, 0.05) is 18.3 Å². The molecule has 10 heteroatoms. The molecule has 2 N–H and O–H groups in total. The van der Waals surface area contributed by atoms with Crippen molar-refractivity contribution >= 4 is 33.2 Å². The Morgan fingerprint density at radius 3 is 2.78 bits per heavy atom. The van der Waals surface area contributed by atoms with E-state index in [-0.39, 0.29) is 23.8 Å². The average molecular weight is 509 g/mol. The Labute approximate surface area is 191 Å². The molecule has 2 aromatic heterocycles. The van der Waals surface area contributed by atoms with Crippen LogP contribution in [0.2, 0.25) is 0 Å². The molecular weight excluding hydrogens is 489 g/mol. The fourth-order valence-corrected chi connectivity index (χ4v) is 3.48. The Bertz CT molecular complexity index is 1200. The van der Waals surface area contributed by atoms with Crippen molar-refractivity contribution in [3.8, 4) is 17.6 Å². The van der Waals surface area contributed by atoms with Crippen molar-refractivity contribution in [2.24, 2.45) is 0 Å². The number of benzene rings is 1. The molecule has 32 heavy (non-hydrogen) atoms. The molecule has 0 unspecified atom stereocenters. The standard InChI is InChI=1S/C22H20BrF3N4O2/c1-3-27-21(31)14-8-9-17(19(12-14)32-2)28-10-4-7-16-18(13-22(24,25)26)30-11-5-6-15(23)20(30)29-16/h5-6,8-9,11-12,28H,3,10,13H2,1-2H3,(H,27,31). The Morgan fingerprint density at radius 1 is 1.31 bits per heavy atom. The van der Waals surface area contributed by atoms with E-state index in [0.29, 0.717) is 33.7 Å². The van der Waals surface area contributed by atoms with Crippen LogP contribution in [-0.2, 0) is 6.42 Å². The maximum absolute atomic E-state index is 13.1. The number of rotatable bonds is 6. The zero-order chi connectivity index (χ0) is 23.3. The smallest absolute Gasteiger partial charge is 0.394 e. The molecule has 0 aliphatic carbocycles. The first kappa shape index (κ1) is 23.5. The molecule has 0 spiro atoms. The van der Waals surface area contributed by atoms with E-state index < -0.39 is 12.6 Å². The van der Waals surface area contributed by atoms with Gasteiger partial charge in [-0.05, 0) is 59.1 Å². The SMILES string of the molecule is CCNC(=O)c1ccc(NCC#Cc2nc3c(Br)cccn3c2CC(F)(F)F)c(OC)c1. The molecule has 0 saturated heterocycles. The zero-order valence-corrected chi connectivity index (χ0v) is 18.9. The third kappa shape index (κ3) is 5.53. The van der Waals surface area contributed by atoms with Crippen molar-refractivity contribution in [1.29, 1.82) is 0 Å². The number of imidazole rings is 1. The number of pyridine rings is 1. The number of ether oxygens (including phenoxy) is 1. The van der Waals surface area contributed by atoms with Gasteiger partial charge in [0.1, 0.15) is 11.4 Å². The summed E-state index contributed by atoms with van der Waals surface area (Å²) in [5, 5.41) is 5.76. The summed E-state index contributed by atoms with van der Waals surface area (Å²) in [6.07, 6.45) is -4.01. The first-order valence-electron chi connectivity index (χ1n) is 9.64. The minimum absolute atomic E-state index is 0.0230. The zero-order valence-electron chi connectivity index (χ0n) is 17.3. The number of hydrogen-bond acceptors (Lipinski definition) is 4. The number of nitrogens with zero attached hydrogens (tertiary/aromatic N) is 2. The number of methoxy groups -OCH3 is 1. The van der Waals surface area contributed by atoms with Gasteiger partial charge in [-0.2, -0.15) is 13.2 Å². The second-order valence-corrected chi connectivity index (χ2v) is 7.53. The van der Waals surface area contributed by atoms with Crippen LogP contribution in [-0.4, -0.2) is 41.7 Å². The lowest BCUT2D eigenvalue weighted by Gasteiger charge is -2.11. The third-order valence-corrected chi connectivity index (χ3v) is 5.06. The Kier molecular flexibility index (Phi) is 7.30. The van der Waals surface area contributed by atoms with Gasteiger partial charge >= 0.3 is 6.18 Å². The Hall–Kier alpha value is -3.19. The van der Waals surface area contributed by atoms with Gasteiger partial charge in [0.15, 0.2) is 5.65 Å². The number of amides is 1. The average Bonchev–Trinajstić information content (AvgIpc) is 3.08. The largest absolute Gasteiger partial charge is 0.495 e. The normalized spacial score (nSPS) is 11.1. The highest BCUT2D eigenvalue weighted by Crippen LogP contribution is 2.27. The molecular formula is C22H20BrF3N4O2. The highest BCUT2D eigenvalue weighted by molar-refractivity contribution is 9.10. The quantitative estimate of drug-likeness (QED) is 0.483. The number of halogens is 4. The number of carbonyl (C=O) groups excluding carboxylic acids is 1.